The van der Waals surface area contributed by atoms with Crippen molar-refractivity contribution < 1.29 is 19.1 Å². The Morgan fingerprint density at radius 1 is 1.15 bits per heavy atom. The molecule has 2 aromatic rings. The lowest BCUT2D eigenvalue weighted by Gasteiger charge is -2.16. The number of carbonyl (C=O) groups excluding carboxylic acids is 1. The summed E-state index contributed by atoms with van der Waals surface area (Å²) in [5.74, 6) is -1.89. The number of Topliss-reactive ketones (excluding diaryl/α,β-unsaturated/α-hetero) is 1. The maximum atomic E-state index is 13.5. The number of rotatable bonds is 7. The predicted octanol–water partition coefficient (Wildman–Crippen LogP) is 3.90. The van der Waals surface area contributed by atoms with Gasteiger partial charge < -0.3 is 10.0 Å². The third-order valence-electron chi connectivity index (χ3n) is 5.24. The lowest BCUT2D eigenvalue weighted by atomic mass is 9.89. The van der Waals surface area contributed by atoms with E-state index in [1.54, 1.807) is 12.1 Å². The predicted molar refractivity (Wildman–Crippen MR) is 101 cm³/mol. The summed E-state index contributed by atoms with van der Waals surface area (Å²) in [7, 11) is 0. The van der Waals surface area contributed by atoms with Crippen molar-refractivity contribution >= 4 is 11.8 Å². The number of carbonyl (C=O) groups is 2. The first-order valence-electron chi connectivity index (χ1n) is 9.24. The van der Waals surface area contributed by atoms with Crippen molar-refractivity contribution in [3.8, 4) is 0 Å². The maximum Gasteiger partial charge on any atom is 0.308 e. The van der Waals surface area contributed by atoms with E-state index in [0.717, 1.165) is 11.1 Å². The third kappa shape index (κ3) is 4.80. The van der Waals surface area contributed by atoms with Gasteiger partial charge in [0.05, 0.1) is 5.92 Å². The number of halogens is 1. The van der Waals surface area contributed by atoms with Crippen molar-refractivity contribution in [2.75, 3.05) is 19.6 Å². The highest BCUT2D eigenvalue weighted by Gasteiger charge is 2.38. The molecule has 0 unspecified atom stereocenters. The second-order valence-electron chi connectivity index (χ2n) is 7.26. The summed E-state index contributed by atoms with van der Waals surface area (Å²) in [6.07, 6.45) is 1.11. The minimum atomic E-state index is -0.859. The van der Waals surface area contributed by atoms with Crippen molar-refractivity contribution in [3.63, 3.8) is 0 Å². The van der Waals surface area contributed by atoms with Gasteiger partial charge in [-0.15, -0.1) is 0 Å². The Hall–Kier alpha value is -2.53. The minimum Gasteiger partial charge on any atom is -0.481 e. The average Bonchev–Trinajstić information content (AvgIpc) is 3.07. The van der Waals surface area contributed by atoms with Gasteiger partial charge >= 0.3 is 5.97 Å². The van der Waals surface area contributed by atoms with Crippen LogP contribution in [0.5, 0.6) is 0 Å². The molecule has 2 aromatic carbocycles. The largest absolute Gasteiger partial charge is 0.481 e. The number of benzene rings is 2. The molecule has 142 valence electrons. The maximum absolute atomic E-state index is 13.5. The van der Waals surface area contributed by atoms with Crippen LogP contribution in [0.3, 0.4) is 0 Å². The van der Waals surface area contributed by atoms with Crippen LogP contribution in [0.25, 0.3) is 0 Å². The van der Waals surface area contributed by atoms with Crippen molar-refractivity contribution in [2.45, 2.75) is 25.7 Å². The fraction of sp³-hybridized carbons (Fsp3) is 0.364. The molecule has 0 spiro atoms. The summed E-state index contributed by atoms with van der Waals surface area (Å²) in [4.78, 5) is 26.0. The lowest BCUT2D eigenvalue weighted by molar-refractivity contribution is -0.141. The van der Waals surface area contributed by atoms with Crippen LogP contribution in [0, 0.1) is 18.7 Å². The second-order valence-corrected chi connectivity index (χ2v) is 7.26. The highest BCUT2D eigenvalue weighted by Crippen LogP contribution is 2.33. The van der Waals surface area contributed by atoms with Crippen molar-refractivity contribution in [2.24, 2.45) is 5.92 Å². The van der Waals surface area contributed by atoms with Gasteiger partial charge in [0, 0.05) is 31.0 Å². The Morgan fingerprint density at radius 2 is 1.89 bits per heavy atom. The second kappa shape index (κ2) is 8.44. The SMILES string of the molecule is Cc1ccc(C(=O)CCCN2C[C@@H](C(=O)O)[C@H](c3cccc(F)c3)C2)cc1. The lowest BCUT2D eigenvalue weighted by Crippen LogP contribution is -2.24. The van der Waals surface area contributed by atoms with E-state index in [2.05, 4.69) is 4.90 Å². The van der Waals surface area contributed by atoms with E-state index in [4.69, 9.17) is 0 Å². The Labute approximate surface area is 158 Å². The topological polar surface area (TPSA) is 57.6 Å². The Kier molecular flexibility index (Phi) is 6.01. The summed E-state index contributed by atoms with van der Waals surface area (Å²) >= 11 is 0. The number of nitrogens with zero attached hydrogens (tertiary/aromatic N) is 1. The van der Waals surface area contributed by atoms with Gasteiger partial charge in [-0.25, -0.2) is 4.39 Å². The molecular weight excluding hydrogens is 345 g/mol. The molecule has 1 N–H and O–H groups in total. The molecule has 0 amide bonds. The number of hydrogen-bond acceptors (Lipinski definition) is 3. The number of aryl methyl sites for hydroxylation is 1. The van der Waals surface area contributed by atoms with E-state index in [1.807, 2.05) is 31.2 Å². The molecule has 27 heavy (non-hydrogen) atoms. The highest BCUT2D eigenvalue weighted by molar-refractivity contribution is 5.96. The van der Waals surface area contributed by atoms with Crippen LogP contribution in [-0.2, 0) is 4.79 Å². The van der Waals surface area contributed by atoms with Gasteiger partial charge in [-0.1, -0.05) is 42.0 Å². The fourth-order valence-electron chi connectivity index (χ4n) is 3.74. The fourth-order valence-corrected chi connectivity index (χ4v) is 3.74. The van der Waals surface area contributed by atoms with Crippen LogP contribution in [-0.4, -0.2) is 41.4 Å². The molecule has 1 fully saturated rings. The molecule has 4 nitrogen and oxygen atoms in total. The molecule has 1 heterocycles. The monoisotopic (exact) mass is 369 g/mol. The quantitative estimate of drug-likeness (QED) is 0.752. The molecule has 5 heteroatoms. The van der Waals surface area contributed by atoms with Crippen molar-refractivity contribution in [1.82, 2.24) is 4.90 Å². The van der Waals surface area contributed by atoms with Gasteiger partial charge in [0.1, 0.15) is 5.82 Å². The van der Waals surface area contributed by atoms with Crippen LogP contribution in [0.2, 0.25) is 0 Å². The smallest absolute Gasteiger partial charge is 0.308 e. The van der Waals surface area contributed by atoms with Gasteiger partial charge in [-0.05, 0) is 37.6 Å². The molecule has 0 saturated carbocycles. The van der Waals surface area contributed by atoms with E-state index in [-0.39, 0.29) is 17.5 Å². The summed E-state index contributed by atoms with van der Waals surface area (Å²) in [6, 6.07) is 13.7. The van der Waals surface area contributed by atoms with Gasteiger partial charge in [0.25, 0.3) is 0 Å². The standard InChI is InChI=1S/C22H24FNO3/c1-15-7-9-16(10-8-15)21(25)6-3-11-24-13-19(20(14-24)22(26)27)17-4-2-5-18(23)12-17/h2,4-5,7-10,12,19-20H,3,6,11,13-14H2,1H3,(H,26,27)/t19-,20+/m0/s1. The zero-order chi connectivity index (χ0) is 19.4. The summed E-state index contributed by atoms with van der Waals surface area (Å²) in [6.45, 7) is 3.64. The first-order chi connectivity index (χ1) is 12.9. The molecule has 2 atom stereocenters. The van der Waals surface area contributed by atoms with E-state index < -0.39 is 11.9 Å². The Morgan fingerprint density at radius 3 is 2.56 bits per heavy atom. The molecule has 0 radical (unpaired) electrons. The van der Waals surface area contributed by atoms with Gasteiger partial charge in [0.15, 0.2) is 5.78 Å². The zero-order valence-electron chi connectivity index (χ0n) is 15.4. The first-order valence-corrected chi connectivity index (χ1v) is 9.24. The number of carboxylic acid groups (broad SMARTS) is 1. The molecule has 3 rings (SSSR count). The van der Waals surface area contributed by atoms with E-state index in [0.29, 0.717) is 38.0 Å². The van der Waals surface area contributed by atoms with Gasteiger partial charge in [-0.2, -0.15) is 0 Å². The van der Waals surface area contributed by atoms with Gasteiger partial charge in [-0.3, -0.25) is 9.59 Å². The number of likely N-dealkylation sites (tertiary alicyclic amines) is 1. The molecule has 1 saturated heterocycles. The highest BCUT2D eigenvalue weighted by atomic mass is 19.1. The molecule has 0 aromatic heterocycles. The van der Waals surface area contributed by atoms with E-state index in [9.17, 15) is 19.1 Å². The first kappa shape index (κ1) is 19.2. The number of hydrogen-bond donors (Lipinski definition) is 1. The Bertz CT molecular complexity index is 819. The zero-order valence-corrected chi connectivity index (χ0v) is 15.4. The van der Waals surface area contributed by atoms with Gasteiger partial charge in [0.2, 0.25) is 0 Å². The van der Waals surface area contributed by atoms with Crippen molar-refractivity contribution in [1.29, 1.82) is 0 Å². The molecule has 0 bridgehead atoms. The number of carboxylic acids is 1. The number of aliphatic carboxylic acids is 1. The molecule has 1 aliphatic heterocycles. The number of ketones is 1. The molecule has 1 aliphatic rings. The summed E-state index contributed by atoms with van der Waals surface area (Å²) in [5, 5.41) is 9.54. The average molecular weight is 369 g/mol. The van der Waals surface area contributed by atoms with Crippen molar-refractivity contribution in [3.05, 3.63) is 71.0 Å². The molecule has 0 aliphatic carbocycles. The Balaban J connectivity index is 1.57. The minimum absolute atomic E-state index is 0.102. The van der Waals surface area contributed by atoms with Crippen LogP contribution >= 0.6 is 0 Å². The normalized spacial score (nSPS) is 19.9. The van der Waals surface area contributed by atoms with Crippen LogP contribution < -0.4 is 0 Å². The van der Waals surface area contributed by atoms with Crippen LogP contribution in [0.15, 0.2) is 48.5 Å². The summed E-state index contributed by atoms with van der Waals surface area (Å²) in [5.41, 5.74) is 2.55. The van der Waals surface area contributed by atoms with E-state index in [1.165, 1.54) is 12.1 Å². The third-order valence-corrected chi connectivity index (χ3v) is 5.24. The molecular formula is C22H24FNO3. The van der Waals surface area contributed by atoms with Crippen LogP contribution in [0.4, 0.5) is 4.39 Å². The summed E-state index contributed by atoms with van der Waals surface area (Å²) < 4.78 is 13.5. The van der Waals surface area contributed by atoms with Crippen LogP contribution in [0.1, 0.15) is 40.2 Å². The van der Waals surface area contributed by atoms with E-state index >= 15 is 0 Å².